The fraction of sp³-hybridized carbons (Fsp3) is 0.0357. The molecule has 0 saturated heterocycles. The Morgan fingerprint density at radius 2 is 0.696 bits per heavy atom. The molecule has 56 heavy (non-hydrogen) atoms. The molecule has 12 rings (SSSR count). The van der Waals surface area contributed by atoms with Crippen LogP contribution in [0.1, 0.15) is 11.1 Å². The lowest BCUT2D eigenvalue weighted by Gasteiger charge is -2.21. The maximum absolute atomic E-state index is 2.49. The molecule has 0 nitrogen and oxygen atoms in total. The van der Waals surface area contributed by atoms with Gasteiger partial charge in [0, 0.05) is 0 Å². The Labute approximate surface area is 327 Å². The SMILES string of the molecule is Cc1cccc(C)c1-c1ccc2c3c(cccc13)-c1c-2c(-c2ccccc2)c2cc(-c3ccc4c5c(cccc35)-c3ccccc3-4)ccc2c1-c1ccccc1. The standard InChI is InChI=1S/C56H36/c1-33-14-11-15-34(2)50(33)45-30-31-48-54-43(45)24-13-25-47(54)55-51(35-16-5-3-6-17-35)46-27-26-37(32-49(46)52(56(48)55)36-18-7-4-8-19-36)38-28-29-44-40-21-10-9-20-39(40)42-23-12-22-41(38)53(42)44/h3-32H,1-2H3. The van der Waals surface area contributed by atoms with Gasteiger partial charge < -0.3 is 0 Å². The van der Waals surface area contributed by atoms with Crippen LogP contribution in [0.4, 0.5) is 0 Å². The first-order valence-corrected chi connectivity index (χ1v) is 19.7. The third-order valence-electron chi connectivity index (χ3n) is 12.6. The van der Waals surface area contributed by atoms with Crippen molar-refractivity contribution in [1.29, 1.82) is 0 Å². The van der Waals surface area contributed by atoms with Gasteiger partial charge in [-0.1, -0.05) is 176 Å². The summed E-state index contributed by atoms with van der Waals surface area (Å²) in [7, 11) is 0. The molecule has 0 unspecified atom stereocenters. The van der Waals surface area contributed by atoms with Gasteiger partial charge in [-0.25, -0.2) is 0 Å². The molecular weight excluding hydrogens is 673 g/mol. The molecule has 0 spiro atoms. The van der Waals surface area contributed by atoms with Crippen LogP contribution in [-0.2, 0) is 0 Å². The van der Waals surface area contributed by atoms with Crippen LogP contribution in [0.25, 0.3) is 121 Å². The van der Waals surface area contributed by atoms with Crippen LogP contribution in [0, 0.1) is 13.8 Å². The molecule has 0 bridgehead atoms. The van der Waals surface area contributed by atoms with E-state index in [1.807, 2.05) is 0 Å². The summed E-state index contributed by atoms with van der Waals surface area (Å²) < 4.78 is 0. The molecule has 0 heterocycles. The van der Waals surface area contributed by atoms with Gasteiger partial charge in [0.25, 0.3) is 0 Å². The molecule has 0 saturated carbocycles. The first-order chi connectivity index (χ1) is 27.7. The highest BCUT2D eigenvalue weighted by molar-refractivity contribution is 6.29. The van der Waals surface area contributed by atoms with E-state index >= 15 is 0 Å². The summed E-state index contributed by atoms with van der Waals surface area (Å²) in [5, 5.41) is 7.87. The fourth-order valence-corrected chi connectivity index (χ4v) is 10.3. The van der Waals surface area contributed by atoms with Gasteiger partial charge in [0.05, 0.1) is 0 Å². The number of aryl methyl sites for hydroxylation is 2. The van der Waals surface area contributed by atoms with Crippen LogP contribution >= 0.6 is 0 Å². The van der Waals surface area contributed by atoms with Crippen molar-refractivity contribution in [3.8, 4) is 89.0 Å². The van der Waals surface area contributed by atoms with Crippen LogP contribution < -0.4 is 0 Å². The van der Waals surface area contributed by atoms with E-state index < -0.39 is 0 Å². The van der Waals surface area contributed by atoms with Gasteiger partial charge in [-0.3, -0.25) is 0 Å². The van der Waals surface area contributed by atoms with Gasteiger partial charge >= 0.3 is 0 Å². The fourth-order valence-electron chi connectivity index (χ4n) is 10.3. The second-order valence-corrected chi connectivity index (χ2v) is 15.6. The number of hydrogen-bond donors (Lipinski definition) is 0. The van der Waals surface area contributed by atoms with Crippen LogP contribution in [0.5, 0.6) is 0 Å². The van der Waals surface area contributed by atoms with E-state index in [4.69, 9.17) is 0 Å². The van der Waals surface area contributed by atoms with Crippen molar-refractivity contribution in [2.75, 3.05) is 0 Å². The Hall–Kier alpha value is -7.02. The Morgan fingerprint density at radius 3 is 1.38 bits per heavy atom. The Balaban J connectivity index is 1.21. The molecule has 0 aromatic heterocycles. The van der Waals surface area contributed by atoms with Gasteiger partial charge in [0.2, 0.25) is 0 Å². The van der Waals surface area contributed by atoms with Gasteiger partial charge in [0.1, 0.15) is 0 Å². The predicted molar refractivity (Wildman–Crippen MR) is 239 cm³/mol. The normalized spacial score (nSPS) is 12.1. The van der Waals surface area contributed by atoms with E-state index in [2.05, 4.69) is 196 Å². The van der Waals surface area contributed by atoms with E-state index in [-0.39, 0.29) is 0 Å². The van der Waals surface area contributed by atoms with E-state index in [9.17, 15) is 0 Å². The summed E-state index contributed by atoms with van der Waals surface area (Å²) in [5.74, 6) is 0. The van der Waals surface area contributed by atoms with E-state index in [1.54, 1.807) is 0 Å². The second-order valence-electron chi connectivity index (χ2n) is 15.6. The first kappa shape index (κ1) is 31.3. The number of rotatable bonds is 4. The lowest BCUT2D eigenvalue weighted by atomic mass is 9.81. The molecule has 2 aliphatic rings. The summed E-state index contributed by atoms with van der Waals surface area (Å²) >= 11 is 0. The molecule has 260 valence electrons. The predicted octanol–water partition coefficient (Wildman–Crippen LogP) is 15.7. The van der Waals surface area contributed by atoms with Crippen molar-refractivity contribution in [1.82, 2.24) is 0 Å². The summed E-state index contributed by atoms with van der Waals surface area (Å²) in [6.07, 6.45) is 0. The third kappa shape index (κ3) is 4.24. The zero-order valence-corrected chi connectivity index (χ0v) is 31.3. The number of fused-ring (bicyclic) bond motifs is 7. The Bertz CT molecular complexity index is 3240. The maximum Gasteiger partial charge on any atom is -0.000741 e. The maximum atomic E-state index is 2.49. The smallest absolute Gasteiger partial charge is 0.000741 e. The largest absolute Gasteiger partial charge is 0.0622 e. The Kier molecular flexibility index (Phi) is 6.57. The highest BCUT2D eigenvalue weighted by Crippen LogP contribution is 2.59. The lowest BCUT2D eigenvalue weighted by molar-refractivity contribution is 1.38. The molecule has 0 atom stereocenters. The molecule has 10 aromatic carbocycles. The average Bonchev–Trinajstić information content (AvgIpc) is 3.75. The molecule has 2 aliphatic carbocycles. The quantitative estimate of drug-likeness (QED) is 0.171. The molecule has 10 aromatic rings. The molecular formula is C56H36. The second kappa shape index (κ2) is 11.7. The average molecular weight is 709 g/mol. The first-order valence-electron chi connectivity index (χ1n) is 19.7. The van der Waals surface area contributed by atoms with Crippen molar-refractivity contribution in [3.63, 3.8) is 0 Å². The zero-order chi connectivity index (χ0) is 37.1. The van der Waals surface area contributed by atoms with Crippen LogP contribution in [0.3, 0.4) is 0 Å². The van der Waals surface area contributed by atoms with Gasteiger partial charge in [0.15, 0.2) is 0 Å². The molecule has 0 fully saturated rings. The van der Waals surface area contributed by atoms with E-state index in [1.165, 1.54) is 132 Å². The van der Waals surface area contributed by atoms with Gasteiger partial charge in [-0.15, -0.1) is 0 Å². The molecule has 0 N–H and O–H groups in total. The summed E-state index contributed by atoms with van der Waals surface area (Å²) in [6.45, 7) is 4.49. The number of benzene rings is 10. The van der Waals surface area contributed by atoms with Gasteiger partial charge in [-0.05, 0) is 152 Å². The highest BCUT2D eigenvalue weighted by atomic mass is 14.3. The molecule has 0 aliphatic heterocycles. The monoisotopic (exact) mass is 708 g/mol. The molecule has 0 radical (unpaired) electrons. The van der Waals surface area contributed by atoms with Crippen molar-refractivity contribution in [2.24, 2.45) is 0 Å². The van der Waals surface area contributed by atoms with Crippen molar-refractivity contribution in [2.45, 2.75) is 13.8 Å². The minimum Gasteiger partial charge on any atom is -0.0622 e. The molecule has 0 heteroatoms. The van der Waals surface area contributed by atoms with Crippen LogP contribution in [0.2, 0.25) is 0 Å². The topological polar surface area (TPSA) is 0 Å². The third-order valence-corrected chi connectivity index (χ3v) is 12.6. The number of hydrogen-bond acceptors (Lipinski definition) is 0. The van der Waals surface area contributed by atoms with E-state index in [0.29, 0.717) is 0 Å². The van der Waals surface area contributed by atoms with Crippen molar-refractivity contribution in [3.05, 3.63) is 193 Å². The minimum atomic E-state index is 1.24. The Morgan fingerprint density at radius 1 is 0.232 bits per heavy atom. The minimum absolute atomic E-state index is 1.24. The van der Waals surface area contributed by atoms with Crippen LogP contribution in [-0.4, -0.2) is 0 Å². The van der Waals surface area contributed by atoms with Crippen molar-refractivity contribution < 1.29 is 0 Å². The summed E-state index contributed by atoms with van der Waals surface area (Å²) in [4.78, 5) is 0. The summed E-state index contributed by atoms with van der Waals surface area (Å²) in [6, 6.07) is 68.2. The van der Waals surface area contributed by atoms with Crippen molar-refractivity contribution >= 4 is 32.3 Å². The van der Waals surface area contributed by atoms with Crippen LogP contribution in [0.15, 0.2) is 182 Å². The van der Waals surface area contributed by atoms with Gasteiger partial charge in [-0.2, -0.15) is 0 Å². The molecule has 0 amide bonds. The summed E-state index contributed by atoms with van der Waals surface area (Å²) in [5.41, 5.74) is 23.4. The highest BCUT2D eigenvalue weighted by Gasteiger charge is 2.32. The van der Waals surface area contributed by atoms with E-state index in [0.717, 1.165) is 0 Å². The zero-order valence-electron chi connectivity index (χ0n) is 31.3. The lowest BCUT2D eigenvalue weighted by Crippen LogP contribution is -1.94.